The molecule has 3 aliphatic rings. The van der Waals surface area contributed by atoms with Crippen LogP contribution in [-0.4, -0.2) is 24.5 Å². The molecule has 3 saturated carbocycles. The number of hydrogen-bond donors (Lipinski definition) is 0. The Labute approximate surface area is 87.9 Å². The van der Waals surface area contributed by atoms with E-state index in [0.717, 1.165) is 29.7 Å². The molecule has 0 aromatic rings. The van der Waals surface area contributed by atoms with Gasteiger partial charge in [-0.3, -0.25) is 0 Å². The fourth-order valence-corrected chi connectivity index (χ4v) is 4.77. The molecule has 14 heavy (non-hydrogen) atoms. The van der Waals surface area contributed by atoms with Crippen LogP contribution in [0.1, 0.15) is 39.0 Å². The highest BCUT2D eigenvalue weighted by atomic mass is 15.1. The smallest absolute Gasteiger partial charge is 0.0126 e. The van der Waals surface area contributed by atoms with Crippen molar-refractivity contribution in [2.45, 2.75) is 45.1 Å². The van der Waals surface area contributed by atoms with E-state index < -0.39 is 0 Å². The van der Waals surface area contributed by atoms with Crippen LogP contribution in [0.5, 0.6) is 0 Å². The van der Waals surface area contributed by atoms with Gasteiger partial charge in [-0.1, -0.05) is 13.3 Å². The van der Waals surface area contributed by atoms with Crippen LogP contribution in [0.15, 0.2) is 0 Å². The number of hydrogen-bond acceptors (Lipinski definition) is 1. The maximum Gasteiger partial charge on any atom is 0.0126 e. The molecule has 3 fully saturated rings. The summed E-state index contributed by atoms with van der Waals surface area (Å²) in [4.78, 5) is 2.61. The fraction of sp³-hybridized carbons (Fsp3) is 1.00. The quantitative estimate of drug-likeness (QED) is 0.652. The minimum absolute atomic E-state index is 0.948. The summed E-state index contributed by atoms with van der Waals surface area (Å²) in [5.41, 5.74) is 0. The Balaban J connectivity index is 1.77. The van der Waals surface area contributed by atoms with Gasteiger partial charge in [0.05, 0.1) is 0 Å². The summed E-state index contributed by atoms with van der Waals surface area (Å²) in [7, 11) is 2.33. The summed E-state index contributed by atoms with van der Waals surface area (Å²) in [5.74, 6) is 4.48. The Hall–Kier alpha value is -0.0400. The molecule has 3 aliphatic carbocycles. The van der Waals surface area contributed by atoms with Crippen molar-refractivity contribution in [3.8, 4) is 0 Å². The van der Waals surface area contributed by atoms with Crippen molar-refractivity contribution in [2.75, 3.05) is 13.6 Å². The fourth-order valence-electron chi connectivity index (χ4n) is 4.77. The molecule has 0 aromatic carbocycles. The number of nitrogens with zero attached hydrogens (tertiary/aromatic N) is 1. The zero-order valence-electron chi connectivity index (χ0n) is 9.58. The van der Waals surface area contributed by atoms with Gasteiger partial charge in [-0.05, 0) is 62.9 Å². The molecule has 0 radical (unpaired) electrons. The van der Waals surface area contributed by atoms with E-state index in [4.69, 9.17) is 0 Å². The van der Waals surface area contributed by atoms with Gasteiger partial charge in [0, 0.05) is 6.04 Å². The van der Waals surface area contributed by atoms with Crippen LogP contribution in [0, 0.1) is 23.7 Å². The third-order valence-electron chi connectivity index (χ3n) is 5.46. The van der Waals surface area contributed by atoms with E-state index in [1.54, 1.807) is 19.3 Å². The molecule has 5 unspecified atom stereocenters. The van der Waals surface area contributed by atoms with Crippen molar-refractivity contribution in [1.82, 2.24) is 4.90 Å². The second-order valence-corrected chi connectivity index (χ2v) is 5.79. The largest absolute Gasteiger partial charge is 0.303 e. The minimum Gasteiger partial charge on any atom is -0.303 e. The summed E-state index contributed by atoms with van der Waals surface area (Å²) < 4.78 is 0. The van der Waals surface area contributed by atoms with E-state index in [2.05, 4.69) is 18.9 Å². The van der Waals surface area contributed by atoms with Crippen LogP contribution in [0.2, 0.25) is 0 Å². The van der Waals surface area contributed by atoms with Crippen LogP contribution in [-0.2, 0) is 0 Å². The summed E-state index contributed by atoms with van der Waals surface area (Å²) in [6.07, 6.45) is 7.75. The van der Waals surface area contributed by atoms with Crippen molar-refractivity contribution >= 4 is 0 Å². The summed E-state index contributed by atoms with van der Waals surface area (Å²) in [5, 5.41) is 0. The topological polar surface area (TPSA) is 3.24 Å². The van der Waals surface area contributed by atoms with Crippen LogP contribution in [0.4, 0.5) is 0 Å². The SMILES string of the molecule is CCN(C)C1CC2CC1C1CCCC21. The number of rotatable bonds is 2. The van der Waals surface area contributed by atoms with Gasteiger partial charge >= 0.3 is 0 Å². The van der Waals surface area contributed by atoms with E-state index in [0.29, 0.717) is 0 Å². The monoisotopic (exact) mass is 193 g/mol. The molecular formula is C13H23N. The molecule has 80 valence electrons. The van der Waals surface area contributed by atoms with Crippen molar-refractivity contribution in [1.29, 1.82) is 0 Å². The number of fused-ring (bicyclic) bond motifs is 5. The first-order valence-corrected chi connectivity index (χ1v) is 6.51. The Morgan fingerprint density at radius 2 is 1.86 bits per heavy atom. The Morgan fingerprint density at radius 3 is 2.64 bits per heavy atom. The average Bonchev–Trinajstić information content (AvgIpc) is 2.86. The van der Waals surface area contributed by atoms with Gasteiger partial charge in [-0.15, -0.1) is 0 Å². The van der Waals surface area contributed by atoms with Crippen LogP contribution >= 0.6 is 0 Å². The lowest BCUT2D eigenvalue weighted by molar-refractivity contribution is 0.120. The van der Waals surface area contributed by atoms with Crippen molar-refractivity contribution < 1.29 is 0 Å². The summed E-state index contributed by atoms with van der Waals surface area (Å²) in [6.45, 7) is 3.55. The molecule has 1 heteroatoms. The van der Waals surface area contributed by atoms with E-state index in [-0.39, 0.29) is 0 Å². The van der Waals surface area contributed by atoms with E-state index >= 15 is 0 Å². The third-order valence-corrected chi connectivity index (χ3v) is 5.46. The average molecular weight is 193 g/mol. The van der Waals surface area contributed by atoms with Crippen molar-refractivity contribution in [3.63, 3.8) is 0 Å². The van der Waals surface area contributed by atoms with Crippen LogP contribution < -0.4 is 0 Å². The van der Waals surface area contributed by atoms with Gasteiger partial charge in [-0.2, -0.15) is 0 Å². The first-order chi connectivity index (χ1) is 6.81. The molecule has 0 N–H and O–H groups in total. The minimum atomic E-state index is 0.948. The second-order valence-electron chi connectivity index (χ2n) is 5.79. The van der Waals surface area contributed by atoms with E-state index in [1.807, 2.05) is 0 Å². The zero-order chi connectivity index (χ0) is 9.71. The summed E-state index contributed by atoms with van der Waals surface area (Å²) in [6, 6.07) is 0.948. The van der Waals surface area contributed by atoms with Crippen molar-refractivity contribution in [3.05, 3.63) is 0 Å². The molecule has 0 spiro atoms. The molecule has 0 amide bonds. The van der Waals surface area contributed by atoms with Gasteiger partial charge in [0.25, 0.3) is 0 Å². The van der Waals surface area contributed by atoms with E-state index in [9.17, 15) is 0 Å². The van der Waals surface area contributed by atoms with Gasteiger partial charge in [0.15, 0.2) is 0 Å². The zero-order valence-corrected chi connectivity index (χ0v) is 9.58. The highest BCUT2D eigenvalue weighted by Gasteiger charge is 2.54. The highest BCUT2D eigenvalue weighted by Crippen LogP contribution is 2.59. The Morgan fingerprint density at radius 1 is 1.07 bits per heavy atom. The van der Waals surface area contributed by atoms with Crippen LogP contribution in [0.25, 0.3) is 0 Å². The molecule has 0 heterocycles. The highest BCUT2D eigenvalue weighted by molar-refractivity contribution is 5.05. The van der Waals surface area contributed by atoms with E-state index in [1.165, 1.54) is 19.4 Å². The molecule has 2 bridgehead atoms. The predicted octanol–water partition coefficient (Wildman–Crippen LogP) is 2.76. The Bertz CT molecular complexity index is 225. The van der Waals surface area contributed by atoms with Gasteiger partial charge in [0.2, 0.25) is 0 Å². The second kappa shape index (κ2) is 3.23. The molecule has 5 atom stereocenters. The molecule has 0 aromatic heterocycles. The summed E-state index contributed by atoms with van der Waals surface area (Å²) >= 11 is 0. The molecule has 0 saturated heterocycles. The first kappa shape index (κ1) is 9.21. The lowest BCUT2D eigenvalue weighted by Crippen LogP contribution is -2.40. The lowest BCUT2D eigenvalue weighted by Gasteiger charge is -2.36. The maximum atomic E-state index is 2.61. The lowest BCUT2D eigenvalue weighted by atomic mass is 9.78. The predicted molar refractivity (Wildman–Crippen MR) is 59.1 cm³/mol. The third kappa shape index (κ3) is 1.11. The molecule has 3 rings (SSSR count). The molecular weight excluding hydrogens is 170 g/mol. The Kier molecular flexibility index (Phi) is 2.12. The van der Waals surface area contributed by atoms with Gasteiger partial charge in [-0.25, -0.2) is 0 Å². The molecule has 0 aliphatic heterocycles. The van der Waals surface area contributed by atoms with Gasteiger partial charge < -0.3 is 4.90 Å². The molecule has 1 nitrogen and oxygen atoms in total. The van der Waals surface area contributed by atoms with Gasteiger partial charge in [0.1, 0.15) is 0 Å². The standard InChI is InChI=1S/C13H23N/c1-3-14(2)13-8-9-7-12(13)11-6-4-5-10(9)11/h9-13H,3-8H2,1-2H3. The first-order valence-electron chi connectivity index (χ1n) is 6.51. The van der Waals surface area contributed by atoms with Crippen molar-refractivity contribution in [2.24, 2.45) is 23.7 Å². The van der Waals surface area contributed by atoms with Crippen LogP contribution in [0.3, 0.4) is 0 Å². The normalized spacial score (nSPS) is 50.4. The maximum absolute atomic E-state index is 2.61.